The second-order valence-electron chi connectivity index (χ2n) is 7.62. The highest BCUT2D eigenvalue weighted by molar-refractivity contribution is 5.47. The predicted molar refractivity (Wildman–Crippen MR) is 98.2 cm³/mol. The largest absolute Gasteiger partial charge is 0.390 e. The van der Waals surface area contributed by atoms with E-state index in [9.17, 15) is 5.11 Å². The molecular formula is C19H30N4O2. The van der Waals surface area contributed by atoms with E-state index in [-0.39, 0.29) is 11.7 Å². The summed E-state index contributed by atoms with van der Waals surface area (Å²) in [6.07, 6.45) is 6.66. The second kappa shape index (κ2) is 7.08. The third kappa shape index (κ3) is 3.34. The number of aryl methyl sites for hydroxylation is 1. The molecular weight excluding hydrogens is 316 g/mol. The average Bonchev–Trinajstić information content (AvgIpc) is 3.19. The van der Waals surface area contributed by atoms with Gasteiger partial charge in [-0.1, -0.05) is 6.92 Å². The molecule has 6 nitrogen and oxygen atoms in total. The van der Waals surface area contributed by atoms with Crippen LogP contribution in [0.25, 0.3) is 0 Å². The van der Waals surface area contributed by atoms with Crippen LogP contribution in [0.2, 0.25) is 0 Å². The molecule has 1 aromatic rings. The lowest BCUT2D eigenvalue weighted by molar-refractivity contribution is -0.164. The van der Waals surface area contributed by atoms with Crippen molar-refractivity contribution in [1.29, 1.82) is 0 Å². The molecule has 3 aliphatic heterocycles. The molecule has 3 aliphatic rings. The summed E-state index contributed by atoms with van der Waals surface area (Å²) in [5, 5.41) is 10.4. The molecule has 138 valence electrons. The number of aromatic nitrogens is 2. The molecule has 3 saturated heterocycles. The van der Waals surface area contributed by atoms with E-state index in [0.717, 1.165) is 82.4 Å². The van der Waals surface area contributed by atoms with Crippen LogP contribution >= 0.6 is 0 Å². The summed E-state index contributed by atoms with van der Waals surface area (Å²) in [6, 6.07) is 2.13. The van der Waals surface area contributed by atoms with Crippen molar-refractivity contribution in [3.8, 4) is 0 Å². The predicted octanol–water partition coefficient (Wildman–Crippen LogP) is 2.15. The number of nitrogens with zero attached hydrogens (tertiary/aromatic N) is 4. The molecule has 6 heteroatoms. The molecule has 1 atom stereocenters. The minimum absolute atomic E-state index is 0.319. The number of hydrogen-bond acceptors (Lipinski definition) is 6. The first kappa shape index (κ1) is 17.0. The van der Waals surface area contributed by atoms with E-state index in [4.69, 9.17) is 14.7 Å². The molecule has 25 heavy (non-hydrogen) atoms. The van der Waals surface area contributed by atoms with Gasteiger partial charge in [0.15, 0.2) is 0 Å². The van der Waals surface area contributed by atoms with Crippen molar-refractivity contribution in [2.45, 2.75) is 63.6 Å². The molecule has 0 amide bonds. The van der Waals surface area contributed by atoms with E-state index in [1.807, 2.05) is 0 Å². The lowest BCUT2D eigenvalue weighted by Crippen LogP contribution is -2.55. The van der Waals surface area contributed by atoms with Crippen molar-refractivity contribution >= 4 is 11.8 Å². The normalized spacial score (nSPS) is 26.4. The molecule has 1 spiro atoms. The summed E-state index contributed by atoms with van der Waals surface area (Å²) < 4.78 is 6.04. The van der Waals surface area contributed by atoms with E-state index in [1.54, 1.807) is 0 Å². The highest BCUT2D eigenvalue weighted by Crippen LogP contribution is 2.36. The quantitative estimate of drug-likeness (QED) is 0.905. The van der Waals surface area contributed by atoms with Crippen LogP contribution in [0, 0.1) is 0 Å². The Kier molecular flexibility index (Phi) is 4.82. The maximum atomic E-state index is 10.4. The van der Waals surface area contributed by atoms with Gasteiger partial charge in [0.25, 0.3) is 0 Å². The van der Waals surface area contributed by atoms with Crippen molar-refractivity contribution in [3.05, 3.63) is 11.8 Å². The average molecular weight is 346 g/mol. The number of piperidine rings is 1. The fourth-order valence-corrected chi connectivity index (χ4v) is 4.37. The summed E-state index contributed by atoms with van der Waals surface area (Å²) in [4.78, 5) is 14.3. The van der Waals surface area contributed by atoms with Gasteiger partial charge < -0.3 is 19.6 Å². The van der Waals surface area contributed by atoms with E-state index >= 15 is 0 Å². The minimum atomic E-state index is -0.326. The Bertz CT molecular complexity index is 595. The van der Waals surface area contributed by atoms with Crippen LogP contribution in [0.15, 0.2) is 6.07 Å². The van der Waals surface area contributed by atoms with Gasteiger partial charge in [-0.2, -0.15) is 4.98 Å². The first-order valence-electron chi connectivity index (χ1n) is 9.90. The number of aliphatic hydroxyl groups excluding tert-OH is 1. The first-order chi connectivity index (χ1) is 12.2. The van der Waals surface area contributed by atoms with E-state index in [0.29, 0.717) is 0 Å². The van der Waals surface area contributed by atoms with Gasteiger partial charge in [-0.15, -0.1) is 0 Å². The van der Waals surface area contributed by atoms with Crippen molar-refractivity contribution in [2.75, 3.05) is 42.6 Å². The van der Waals surface area contributed by atoms with Crippen LogP contribution in [-0.4, -0.2) is 59.6 Å². The first-order valence-corrected chi connectivity index (χ1v) is 9.90. The topological polar surface area (TPSA) is 61.7 Å². The van der Waals surface area contributed by atoms with Crippen LogP contribution in [0.5, 0.6) is 0 Å². The Labute approximate surface area is 150 Å². The summed E-state index contributed by atoms with van der Waals surface area (Å²) in [5.41, 5.74) is 0.786. The van der Waals surface area contributed by atoms with E-state index in [1.165, 1.54) is 12.8 Å². The molecule has 0 bridgehead atoms. The Morgan fingerprint density at radius 1 is 1.12 bits per heavy atom. The summed E-state index contributed by atoms with van der Waals surface area (Å²) in [7, 11) is 0. The zero-order chi connectivity index (χ0) is 17.3. The highest BCUT2D eigenvalue weighted by atomic mass is 16.5. The molecule has 1 N–H and O–H groups in total. The van der Waals surface area contributed by atoms with Crippen LogP contribution in [-0.2, 0) is 11.2 Å². The van der Waals surface area contributed by atoms with Crippen molar-refractivity contribution in [1.82, 2.24) is 9.97 Å². The van der Waals surface area contributed by atoms with E-state index in [2.05, 4.69) is 22.8 Å². The summed E-state index contributed by atoms with van der Waals surface area (Å²) in [6.45, 7) is 6.83. The van der Waals surface area contributed by atoms with Crippen LogP contribution in [0.4, 0.5) is 11.8 Å². The van der Waals surface area contributed by atoms with Gasteiger partial charge in [-0.3, -0.25) is 0 Å². The number of anilines is 2. The lowest BCUT2D eigenvalue weighted by atomic mass is 9.82. The standard InChI is InChI=1S/C19H30N4O2/c1-2-15-14-17(21-18(20-15)23-9-3-4-10-23)22-11-7-19(8-12-22)16(24)6-5-13-25-19/h14,16,24H,2-13H2,1H3. The highest BCUT2D eigenvalue weighted by Gasteiger charge is 2.43. The maximum Gasteiger partial charge on any atom is 0.227 e. The van der Waals surface area contributed by atoms with Gasteiger partial charge >= 0.3 is 0 Å². The molecule has 0 radical (unpaired) electrons. The molecule has 1 aromatic heterocycles. The van der Waals surface area contributed by atoms with Crippen molar-refractivity contribution < 1.29 is 9.84 Å². The van der Waals surface area contributed by atoms with Crippen molar-refractivity contribution in [2.24, 2.45) is 0 Å². The van der Waals surface area contributed by atoms with Crippen LogP contribution < -0.4 is 9.80 Å². The van der Waals surface area contributed by atoms with Gasteiger partial charge in [0, 0.05) is 44.5 Å². The molecule has 0 aliphatic carbocycles. The molecule has 1 unspecified atom stereocenters. The molecule has 3 fully saturated rings. The number of rotatable bonds is 3. The minimum Gasteiger partial charge on any atom is -0.390 e. The van der Waals surface area contributed by atoms with Crippen molar-refractivity contribution in [3.63, 3.8) is 0 Å². The smallest absolute Gasteiger partial charge is 0.227 e. The fraction of sp³-hybridized carbons (Fsp3) is 0.789. The fourth-order valence-electron chi connectivity index (χ4n) is 4.37. The monoisotopic (exact) mass is 346 g/mol. The van der Waals surface area contributed by atoms with Gasteiger partial charge in [0.1, 0.15) is 5.82 Å². The molecule has 0 aromatic carbocycles. The number of hydrogen-bond donors (Lipinski definition) is 1. The summed E-state index contributed by atoms with van der Waals surface area (Å²) in [5.74, 6) is 1.93. The SMILES string of the molecule is CCc1cc(N2CCC3(CC2)OCCCC3O)nc(N2CCCC2)n1. The van der Waals surface area contributed by atoms with Crippen LogP contribution in [0.3, 0.4) is 0 Å². The summed E-state index contributed by atoms with van der Waals surface area (Å²) >= 11 is 0. The van der Waals surface area contributed by atoms with Crippen LogP contribution in [0.1, 0.15) is 51.1 Å². The lowest BCUT2D eigenvalue weighted by Gasteiger charge is -2.47. The number of ether oxygens (including phenoxy) is 1. The second-order valence-corrected chi connectivity index (χ2v) is 7.62. The molecule has 0 saturated carbocycles. The Morgan fingerprint density at radius 2 is 1.88 bits per heavy atom. The zero-order valence-electron chi connectivity index (χ0n) is 15.3. The number of aliphatic hydroxyl groups is 1. The Hall–Kier alpha value is -1.40. The Morgan fingerprint density at radius 3 is 2.56 bits per heavy atom. The third-order valence-corrected chi connectivity index (χ3v) is 6.06. The van der Waals surface area contributed by atoms with Gasteiger partial charge in [0.05, 0.1) is 11.7 Å². The third-order valence-electron chi connectivity index (χ3n) is 6.06. The van der Waals surface area contributed by atoms with Gasteiger partial charge in [0.2, 0.25) is 5.95 Å². The van der Waals surface area contributed by atoms with E-state index < -0.39 is 0 Å². The molecule has 4 heterocycles. The van der Waals surface area contributed by atoms with Gasteiger partial charge in [-0.05, 0) is 44.9 Å². The maximum absolute atomic E-state index is 10.4. The Balaban J connectivity index is 1.51. The van der Waals surface area contributed by atoms with Gasteiger partial charge in [-0.25, -0.2) is 4.98 Å². The zero-order valence-corrected chi connectivity index (χ0v) is 15.3. The molecule has 4 rings (SSSR count).